The van der Waals surface area contributed by atoms with Crippen LogP contribution >= 0.6 is 15.9 Å². The van der Waals surface area contributed by atoms with Crippen LogP contribution in [-0.4, -0.2) is 25.0 Å². The summed E-state index contributed by atoms with van der Waals surface area (Å²) in [6.45, 7) is 0.598. The van der Waals surface area contributed by atoms with Crippen molar-refractivity contribution in [3.63, 3.8) is 0 Å². The van der Waals surface area contributed by atoms with Gasteiger partial charge in [-0.15, -0.1) is 0 Å². The molecule has 6 N–H and O–H groups in total. The van der Waals surface area contributed by atoms with Crippen molar-refractivity contribution in [1.29, 1.82) is 0 Å². The second-order valence-corrected chi connectivity index (χ2v) is 4.14. The highest BCUT2D eigenvalue weighted by Gasteiger charge is 2.06. The highest BCUT2D eigenvalue weighted by atomic mass is 79.9. The molecule has 3 amide bonds. The molecule has 0 aliphatic heterocycles. The molecule has 1 rings (SSSR count). The van der Waals surface area contributed by atoms with E-state index >= 15 is 0 Å². The summed E-state index contributed by atoms with van der Waals surface area (Å²) in [6, 6.07) is 4.28. The Morgan fingerprint density at radius 2 is 1.88 bits per heavy atom. The van der Waals surface area contributed by atoms with E-state index in [1.54, 1.807) is 18.2 Å². The Labute approximate surface area is 107 Å². The molecule has 0 bridgehead atoms. The third kappa shape index (κ3) is 4.31. The van der Waals surface area contributed by atoms with Crippen LogP contribution in [0.5, 0.6) is 0 Å². The van der Waals surface area contributed by atoms with Crippen LogP contribution in [0.25, 0.3) is 0 Å². The number of hydrogen-bond acceptors (Lipinski definition) is 3. The van der Waals surface area contributed by atoms with Crippen molar-refractivity contribution in [1.82, 2.24) is 10.6 Å². The summed E-state index contributed by atoms with van der Waals surface area (Å²) in [6.07, 6.45) is 0. The molecule has 17 heavy (non-hydrogen) atoms. The number of nitrogens with two attached hydrogens (primary N) is 2. The van der Waals surface area contributed by atoms with Crippen LogP contribution in [0.4, 0.5) is 10.5 Å². The molecule has 0 saturated heterocycles. The average molecular weight is 301 g/mol. The molecule has 0 atom stereocenters. The fraction of sp³-hybridized carbons (Fsp3) is 0.200. The monoisotopic (exact) mass is 300 g/mol. The molecule has 0 fully saturated rings. The van der Waals surface area contributed by atoms with Crippen LogP contribution in [0.1, 0.15) is 10.4 Å². The van der Waals surface area contributed by atoms with Crippen LogP contribution in [-0.2, 0) is 0 Å². The van der Waals surface area contributed by atoms with Crippen molar-refractivity contribution in [3.05, 3.63) is 28.2 Å². The molecule has 0 aliphatic rings. The molecular weight excluding hydrogens is 288 g/mol. The van der Waals surface area contributed by atoms with Gasteiger partial charge in [0.05, 0.1) is 0 Å². The summed E-state index contributed by atoms with van der Waals surface area (Å²) in [5.74, 6) is -0.239. The zero-order chi connectivity index (χ0) is 12.8. The largest absolute Gasteiger partial charge is 0.398 e. The predicted octanol–water partition coefficient (Wildman–Crippen LogP) is 0.429. The summed E-state index contributed by atoms with van der Waals surface area (Å²) in [7, 11) is 0. The number of rotatable bonds is 4. The summed E-state index contributed by atoms with van der Waals surface area (Å²) >= 11 is 3.24. The number of benzene rings is 1. The van der Waals surface area contributed by atoms with Crippen LogP contribution < -0.4 is 22.1 Å². The molecule has 1 aromatic carbocycles. The molecule has 0 aromatic heterocycles. The molecule has 7 heteroatoms. The molecular formula is C10H13BrN4O2. The van der Waals surface area contributed by atoms with Gasteiger partial charge in [0.25, 0.3) is 5.91 Å². The first-order chi connectivity index (χ1) is 8.00. The number of nitrogen functional groups attached to an aromatic ring is 1. The first kappa shape index (κ1) is 13.3. The average Bonchev–Trinajstić information content (AvgIpc) is 2.27. The van der Waals surface area contributed by atoms with Crippen molar-refractivity contribution in [3.8, 4) is 0 Å². The van der Waals surface area contributed by atoms with Gasteiger partial charge in [-0.2, -0.15) is 0 Å². The fourth-order valence-electron chi connectivity index (χ4n) is 1.13. The normalized spacial score (nSPS) is 9.71. The Hall–Kier alpha value is -1.76. The number of anilines is 1. The maximum absolute atomic E-state index is 11.6. The number of primary amides is 1. The lowest BCUT2D eigenvalue weighted by atomic mass is 10.2. The van der Waals surface area contributed by atoms with Crippen molar-refractivity contribution < 1.29 is 9.59 Å². The minimum atomic E-state index is -0.616. The van der Waals surface area contributed by atoms with Gasteiger partial charge >= 0.3 is 6.03 Å². The maximum Gasteiger partial charge on any atom is 0.312 e. The third-order valence-electron chi connectivity index (χ3n) is 1.97. The summed E-state index contributed by atoms with van der Waals surface area (Å²) < 4.78 is 0.667. The maximum atomic E-state index is 11.6. The molecule has 0 saturated carbocycles. The zero-order valence-corrected chi connectivity index (χ0v) is 10.6. The van der Waals surface area contributed by atoms with Gasteiger partial charge in [0.15, 0.2) is 0 Å². The summed E-state index contributed by atoms with van der Waals surface area (Å²) in [4.78, 5) is 22.0. The van der Waals surface area contributed by atoms with E-state index < -0.39 is 6.03 Å². The Kier molecular flexibility index (Phi) is 4.77. The van der Waals surface area contributed by atoms with Gasteiger partial charge in [0.2, 0.25) is 0 Å². The summed E-state index contributed by atoms with van der Waals surface area (Å²) in [5.41, 5.74) is 11.5. The SMILES string of the molecule is NC(=O)NCCNC(=O)c1ccc(N)c(Br)c1. The van der Waals surface area contributed by atoms with Gasteiger partial charge in [0, 0.05) is 28.8 Å². The van der Waals surface area contributed by atoms with E-state index in [9.17, 15) is 9.59 Å². The zero-order valence-electron chi connectivity index (χ0n) is 9.00. The number of carbonyl (C=O) groups is 2. The Bertz CT molecular complexity index is 436. The smallest absolute Gasteiger partial charge is 0.312 e. The minimum Gasteiger partial charge on any atom is -0.398 e. The molecule has 0 spiro atoms. The van der Waals surface area contributed by atoms with Gasteiger partial charge in [-0.25, -0.2) is 4.79 Å². The lowest BCUT2D eigenvalue weighted by Gasteiger charge is -2.06. The molecule has 0 unspecified atom stereocenters. The van der Waals surface area contributed by atoms with Crippen LogP contribution in [0, 0.1) is 0 Å². The van der Waals surface area contributed by atoms with E-state index in [2.05, 4.69) is 26.6 Å². The first-order valence-corrected chi connectivity index (χ1v) is 5.66. The van der Waals surface area contributed by atoms with Crippen molar-refractivity contribution >= 4 is 33.6 Å². The quantitative estimate of drug-likeness (QED) is 0.478. The van der Waals surface area contributed by atoms with E-state index in [0.29, 0.717) is 22.3 Å². The second kappa shape index (κ2) is 6.09. The molecule has 6 nitrogen and oxygen atoms in total. The van der Waals surface area contributed by atoms with E-state index in [1.165, 1.54) is 0 Å². The molecule has 0 aliphatic carbocycles. The second-order valence-electron chi connectivity index (χ2n) is 3.28. The highest BCUT2D eigenvalue weighted by molar-refractivity contribution is 9.10. The predicted molar refractivity (Wildman–Crippen MR) is 68.5 cm³/mol. The van der Waals surface area contributed by atoms with Crippen molar-refractivity contribution in [2.75, 3.05) is 18.8 Å². The summed E-state index contributed by atoms with van der Waals surface area (Å²) in [5, 5.41) is 5.00. The Morgan fingerprint density at radius 1 is 1.24 bits per heavy atom. The topological polar surface area (TPSA) is 110 Å². The number of hydrogen-bond donors (Lipinski definition) is 4. The molecule has 0 radical (unpaired) electrons. The van der Waals surface area contributed by atoms with Gasteiger partial charge in [-0.3, -0.25) is 4.79 Å². The van der Waals surface area contributed by atoms with E-state index in [0.717, 1.165) is 0 Å². The number of carbonyl (C=O) groups excluding carboxylic acids is 2. The first-order valence-electron chi connectivity index (χ1n) is 4.87. The molecule has 1 aromatic rings. The third-order valence-corrected chi connectivity index (χ3v) is 2.66. The van der Waals surface area contributed by atoms with Gasteiger partial charge < -0.3 is 22.1 Å². The fourth-order valence-corrected chi connectivity index (χ4v) is 1.51. The molecule has 92 valence electrons. The van der Waals surface area contributed by atoms with E-state index in [-0.39, 0.29) is 12.5 Å². The number of amides is 3. The van der Waals surface area contributed by atoms with Gasteiger partial charge in [0.1, 0.15) is 0 Å². The standard InChI is InChI=1S/C10H13BrN4O2/c11-7-5-6(1-2-8(7)12)9(16)14-3-4-15-10(13)17/h1-2,5H,3-4,12H2,(H,14,16)(H3,13,15,17). The minimum absolute atomic E-state index is 0.239. The lowest BCUT2D eigenvalue weighted by Crippen LogP contribution is -2.37. The Morgan fingerprint density at radius 3 is 2.47 bits per heavy atom. The number of halogens is 1. The van der Waals surface area contributed by atoms with Gasteiger partial charge in [-0.1, -0.05) is 0 Å². The highest BCUT2D eigenvalue weighted by Crippen LogP contribution is 2.20. The van der Waals surface area contributed by atoms with E-state index in [4.69, 9.17) is 11.5 Å². The lowest BCUT2D eigenvalue weighted by molar-refractivity contribution is 0.0954. The van der Waals surface area contributed by atoms with Gasteiger partial charge in [-0.05, 0) is 34.1 Å². The van der Waals surface area contributed by atoms with Crippen LogP contribution in [0.3, 0.4) is 0 Å². The Balaban J connectivity index is 2.47. The van der Waals surface area contributed by atoms with Crippen LogP contribution in [0.15, 0.2) is 22.7 Å². The van der Waals surface area contributed by atoms with Crippen molar-refractivity contribution in [2.45, 2.75) is 0 Å². The number of nitrogens with one attached hydrogen (secondary N) is 2. The van der Waals surface area contributed by atoms with Crippen LogP contribution in [0.2, 0.25) is 0 Å². The number of urea groups is 1. The molecule has 0 heterocycles. The van der Waals surface area contributed by atoms with Crippen molar-refractivity contribution in [2.24, 2.45) is 5.73 Å². The van der Waals surface area contributed by atoms with E-state index in [1.807, 2.05) is 0 Å².